The summed E-state index contributed by atoms with van der Waals surface area (Å²) in [6, 6.07) is 8.91. The lowest BCUT2D eigenvalue weighted by Crippen LogP contribution is -2.02. The van der Waals surface area contributed by atoms with E-state index in [9.17, 15) is 4.79 Å². The second-order valence-electron chi connectivity index (χ2n) is 6.55. The molecule has 0 saturated heterocycles. The molecule has 3 heterocycles. The fourth-order valence-electron chi connectivity index (χ4n) is 3.17. The van der Waals surface area contributed by atoms with E-state index in [1.807, 2.05) is 6.07 Å². The van der Waals surface area contributed by atoms with Crippen LogP contribution in [0.25, 0.3) is 33.4 Å². The molecule has 0 saturated carbocycles. The van der Waals surface area contributed by atoms with Gasteiger partial charge in [-0.25, -0.2) is 0 Å². The number of ether oxygens (including phenoxy) is 1. The molecule has 0 atom stereocenters. The van der Waals surface area contributed by atoms with Crippen molar-refractivity contribution in [3.63, 3.8) is 0 Å². The summed E-state index contributed by atoms with van der Waals surface area (Å²) < 4.78 is 16.9. The van der Waals surface area contributed by atoms with E-state index in [2.05, 4.69) is 18.8 Å². The summed E-state index contributed by atoms with van der Waals surface area (Å²) in [5.74, 6) is 1.66. The summed E-state index contributed by atoms with van der Waals surface area (Å²) in [7, 11) is 1.58. The first-order valence-corrected chi connectivity index (χ1v) is 8.27. The number of methoxy groups -OCH3 is 1. The minimum Gasteiger partial charge on any atom is -0.497 e. The van der Waals surface area contributed by atoms with E-state index >= 15 is 0 Å². The zero-order chi connectivity index (χ0) is 17.6. The van der Waals surface area contributed by atoms with E-state index in [0.717, 1.165) is 12.1 Å². The summed E-state index contributed by atoms with van der Waals surface area (Å²) in [6.07, 6.45) is 2.37. The second-order valence-corrected chi connectivity index (χ2v) is 6.55. The van der Waals surface area contributed by atoms with Crippen LogP contribution < -0.4 is 10.2 Å². The van der Waals surface area contributed by atoms with Crippen LogP contribution in [0, 0.1) is 5.92 Å². The largest absolute Gasteiger partial charge is 0.497 e. The van der Waals surface area contributed by atoms with Crippen molar-refractivity contribution in [2.24, 2.45) is 5.92 Å². The minimum atomic E-state index is -0.0900. The van der Waals surface area contributed by atoms with Crippen LogP contribution in [0.15, 0.2) is 50.2 Å². The van der Waals surface area contributed by atoms with Gasteiger partial charge in [-0.05, 0) is 42.7 Å². The maximum atomic E-state index is 13.2. The van der Waals surface area contributed by atoms with E-state index in [1.54, 1.807) is 37.6 Å². The molecule has 0 bridgehead atoms. The van der Waals surface area contributed by atoms with E-state index < -0.39 is 0 Å². The quantitative estimate of drug-likeness (QED) is 0.584. The fourth-order valence-corrected chi connectivity index (χ4v) is 3.17. The average molecular weight is 337 g/mol. The van der Waals surface area contributed by atoms with Crippen LogP contribution in [0.1, 0.15) is 19.5 Å². The van der Waals surface area contributed by atoms with Crippen LogP contribution in [-0.4, -0.2) is 12.1 Å². The number of furan rings is 1. The first-order valence-electron chi connectivity index (χ1n) is 8.27. The molecule has 0 aliphatic heterocycles. The van der Waals surface area contributed by atoms with Crippen molar-refractivity contribution in [2.75, 3.05) is 7.11 Å². The third kappa shape index (κ3) is 2.52. The fraction of sp³-hybridized carbons (Fsp3) is 0.250. The molecule has 5 nitrogen and oxygen atoms in total. The van der Waals surface area contributed by atoms with Gasteiger partial charge in [0, 0.05) is 0 Å². The van der Waals surface area contributed by atoms with Gasteiger partial charge in [0.25, 0.3) is 0 Å². The number of hydrogen-bond acceptors (Lipinski definition) is 4. The first-order chi connectivity index (χ1) is 12.1. The number of aromatic amines is 1. The van der Waals surface area contributed by atoms with Crippen molar-refractivity contribution in [2.45, 2.75) is 20.3 Å². The lowest BCUT2D eigenvalue weighted by Gasteiger charge is -2.04. The van der Waals surface area contributed by atoms with Gasteiger partial charge < -0.3 is 18.6 Å². The molecule has 1 N–H and O–H groups in total. The number of aromatic nitrogens is 1. The van der Waals surface area contributed by atoms with E-state index in [1.165, 1.54) is 0 Å². The molecule has 0 aliphatic carbocycles. The summed E-state index contributed by atoms with van der Waals surface area (Å²) >= 11 is 0. The average Bonchev–Trinajstić information content (AvgIpc) is 3.23. The molecule has 128 valence electrons. The van der Waals surface area contributed by atoms with Crippen LogP contribution >= 0.6 is 0 Å². The molecule has 0 fully saturated rings. The van der Waals surface area contributed by atoms with Gasteiger partial charge in [0.05, 0.1) is 35.5 Å². The Hall–Kier alpha value is -2.95. The molecule has 0 unspecified atom stereocenters. The zero-order valence-electron chi connectivity index (χ0n) is 14.4. The van der Waals surface area contributed by atoms with Gasteiger partial charge in [-0.2, -0.15) is 0 Å². The molecule has 5 heteroatoms. The highest BCUT2D eigenvalue weighted by Crippen LogP contribution is 2.33. The monoisotopic (exact) mass is 337 g/mol. The molecule has 3 aromatic heterocycles. The van der Waals surface area contributed by atoms with Crippen LogP contribution in [0.2, 0.25) is 0 Å². The molecule has 1 aromatic carbocycles. The van der Waals surface area contributed by atoms with Crippen molar-refractivity contribution in [1.29, 1.82) is 0 Å². The molecular formula is C20H19NO4. The third-order valence-electron chi connectivity index (χ3n) is 4.28. The predicted octanol–water partition coefficient (Wildman–Crippen LogP) is 4.74. The van der Waals surface area contributed by atoms with Crippen molar-refractivity contribution in [3.8, 4) is 17.2 Å². The van der Waals surface area contributed by atoms with E-state index in [0.29, 0.717) is 45.1 Å². The van der Waals surface area contributed by atoms with Crippen LogP contribution in [0.4, 0.5) is 0 Å². The van der Waals surface area contributed by atoms with Crippen molar-refractivity contribution < 1.29 is 13.6 Å². The predicted molar refractivity (Wildman–Crippen MR) is 97.1 cm³/mol. The van der Waals surface area contributed by atoms with Gasteiger partial charge >= 0.3 is 0 Å². The number of rotatable bonds is 4. The highest BCUT2D eigenvalue weighted by atomic mass is 16.5. The van der Waals surface area contributed by atoms with E-state index in [-0.39, 0.29) is 5.43 Å². The molecule has 0 aliphatic rings. The molecular weight excluding hydrogens is 318 g/mol. The Morgan fingerprint density at radius 1 is 1.24 bits per heavy atom. The van der Waals surface area contributed by atoms with Gasteiger partial charge in [0.1, 0.15) is 11.3 Å². The van der Waals surface area contributed by atoms with Crippen LogP contribution in [0.3, 0.4) is 0 Å². The Kier molecular flexibility index (Phi) is 3.64. The lowest BCUT2D eigenvalue weighted by molar-refractivity contribution is 0.415. The Balaban J connectivity index is 2.11. The number of hydrogen-bond donors (Lipinski definition) is 1. The Bertz CT molecular complexity index is 1100. The SMILES string of the molecule is COc1ccc2oc3c(CC(C)C)[nH]c(-c4ccco4)c3c(=O)c2c1. The number of benzene rings is 1. The lowest BCUT2D eigenvalue weighted by atomic mass is 10.1. The molecule has 4 rings (SSSR count). The van der Waals surface area contributed by atoms with Gasteiger partial charge in [-0.15, -0.1) is 0 Å². The third-order valence-corrected chi connectivity index (χ3v) is 4.28. The van der Waals surface area contributed by atoms with Gasteiger partial charge in [0.15, 0.2) is 11.3 Å². The minimum absolute atomic E-state index is 0.0900. The molecule has 0 amide bonds. The summed E-state index contributed by atoms with van der Waals surface area (Å²) in [4.78, 5) is 16.5. The maximum Gasteiger partial charge on any atom is 0.202 e. The Morgan fingerprint density at radius 2 is 2.08 bits per heavy atom. The zero-order valence-corrected chi connectivity index (χ0v) is 14.4. The number of nitrogens with one attached hydrogen (secondary N) is 1. The topological polar surface area (TPSA) is 68.4 Å². The number of fused-ring (bicyclic) bond motifs is 2. The second kappa shape index (κ2) is 5.84. The smallest absolute Gasteiger partial charge is 0.202 e. The molecule has 0 spiro atoms. The first kappa shape index (κ1) is 15.6. The van der Waals surface area contributed by atoms with Crippen molar-refractivity contribution in [3.05, 3.63) is 52.5 Å². The van der Waals surface area contributed by atoms with Crippen molar-refractivity contribution in [1.82, 2.24) is 4.98 Å². The summed E-state index contributed by atoms with van der Waals surface area (Å²) in [5.41, 5.74) is 2.63. The summed E-state index contributed by atoms with van der Waals surface area (Å²) in [6.45, 7) is 4.26. The van der Waals surface area contributed by atoms with E-state index in [4.69, 9.17) is 13.6 Å². The summed E-state index contributed by atoms with van der Waals surface area (Å²) in [5, 5.41) is 1.01. The van der Waals surface area contributed by atoms with Gasteiger partial charge in [-0.3, -0.25) is 4.79 Å². The Labute approximate surface area is 144 Å². The molecule has 25 heavy (non-hydrogen) atoms. The van der Waals surface area contributed by atoms with Crippen LogP contribution in [0.5, 0.6) is 5.75 Å². The normalized spacial score (nSPS) is 11.7. The van der Waals surface area contributed by atoms with Crippen molar-refractivity contribution >= 4 is 21.9 Å². The van der Waals surface area contributed by atoms with Gasteiger partial charge in [-0.1, -0.05) is 13.8 Å². The molecule has 4 aromatic rings. The maximum absolute atomic E-state index is 13.2. The highest BCUT2D eigenvalue weighted by molar-refractivity contribution is 5.99. The standard InChI is InChI=1S/C20H19NO4/c1-11(2)9-14-20-17(18(21-14)16-5-4-8-24-16)19(22)13-10-12(23-3)6-7-15(13)25-20/h4-8,10-11,21H,9H2,1-3H3. The Morgan fingerprint density at radius 3 is 2.76 bits per heavy atom. The highest BCUT2D eigenvalue weighted by Gasteiger charge is 2.21. The van der Waals surface area contributed by atoms with Gasteiger partial charge in [0.2, 0.25) is 5.43 Å². The van der Waals surface area contributed by atoms with Crippen LogP contribution in [-0.2, 0) is 6.42 Å². The number of H-pyrrole nitrogens is 1. The molecule has 0 radical (unpaired) electrons.